The van der Waals surface area contributed by atoms with Crippen molar-refractivity contribution in [3.63, 3.8) is 0 Å². The highest BCUT2D eigenvalue weighted by molar-refractivity contribution is 6.20. The fourth-order valence-electron chi connectivity index (χ4n) is 5.74. The number of H-pyrrole nitrogens is 1. The third kappa shape index (κ3) is 6.32. The van der Waals surface area contributed by atoms with E-state index in [1.807, 2.05) is 13.1 Å². The van der Waals surface area contributed by atoms with Gasteiger partial charge in [0.2, 0.25) is 5.91 Å². The Labute approximate surface area is 231 Å². The van der Waals surface area contributed by atoms with Gasteiger partial charge in [0.1, 0.15) is 12.4 Å². The highest BCUT2D eigenvalue weighted by Crippen LogP contribution is 2.40. The highest BCUT2D eigenvalue weighted by atomic mass is 16.5. The number of rotatable bonds is 10. The van der Waals surface area contributed by atoms with Gasteiger partial charge in [-0.25, -0.2) is 0 Å². The molecule has 1 aromatic carbocycles. The summed E-state index contributed by atoms with van der Waals surface area (Å²) in [6, 6.07) is 8.69. The second kappa shape index (κ2) is 11.9. The van der Waals surface area contributed by atoms with E-state index >= 15 is 0 Å². The fourth-order valence-corrected chi connectivity index (χ4v) is 5.74. The Morgan fingerprint density at radius 2 is 1.72 bits per heavy atom. The maximum Gasteiger partial charge on any atom is 0.255 e. The Balaban J connectivity index is 1.31. The van der Waals surface area contributed by atoms with Crippen molar-refractivity contribution in [2.45, 2.75) is 83.3 Å². The van der Waals surface area contributed by atoms with E-state index in [-0.39, 0.29) is 36.5 Å². The van der Waals surface area contributed by atoms with Crippen molar-refractivity contribution in [2.75, 3.05) is 20.3 Å². The van der Waals surface area contributed by atoms with Crippen LogP contribution in [0.5, 0.6) is 5.75 Å². The van der Waals surface area contributed by atoms with Crippen molar-refractivity contribution in [1.82, 2.24) is 20.9 Å². The number of methoxy groups -OCH3 is 1. The molecule has 2 fully saturated rings. The number of ether oxygens (including phenoxy) is 2. The molecule has 2 aliphatic carbocycles. The summed E-state index contributed by atoms with van der Waals surface area (Å²) in [6.45, 7) is 7.21. The predicted octanol–water partition coefficient (Wildman–Crippen LogP) is 4.54. The lowest BCUT2D eigenvalue weighted by molar-refractivity contribution is -0.125. The van der Waals surface area contributed by atoms with Crippen LogP contribution in [-0.4, -0.2) is 49.2 Å². The molecule has 2 saturated carbocycles. The Morgan fingerprint density at radius 3 is 2.38 bits per heavy atom. The molecule has 1 aliphatic heterocycles. The van der Waals surface area contributed by atoms with E-state index in [1.165, 1.54) is 25.5 Å². The molecule has 1 atom stereocenters. The van der Waals surface area contributed by atoms with Gasteiger partial charge in [0.05, 0.1) is 23.9 Å². The lowest BCUT2D eigenvalue weighted by Crippen LogP contribution is -2.45. The molecule has 8 heteroatoms. The maximum atomic E-state index is 13.6. The van der Waals surface area contributed by atoms with Gasteiger partial charge in [-0.2, -0.15) is 0 Å². The number of benzene rings is 1. The first kappa shape index (κ1) is 27.3. The zero-order valence-electron chi connectivity index (χ0n) is 23.6. The Hall–Kier alpha value is -3.26. The molecular formula is C31H42N4O4. The monoisotopic (exact) mass is 534 g/mol. The van der Waals surface area contributed by atoms with E-state index in [4.69, 9.17) is 9.47 Å². The number of hydrogen-bond acceptors (Lipinski definition) is 5. The molecule has 1 unspecified atom stereocenters. The topological polar surface area (TPSA) is 104 Å². The van der Waals surface area contributed by atoms with E-state index in [9.17, 15) is 9.59 Å². The third-order valence-electron chi connectivity index (χ3n) is 8.19. The number of aromatic amines is 1. The molecule has 2 heterocycles. The highest BCUT2D eigenvalue weighted by Gasteiger charge is 2.34. The van der Waals surface area contributed by atoms with Crippen LogP contribution in [-0.2, 0) is 14.3 Å². The smallest absolute Gasteiger partial charge is 0.255 e. The summed E-state index contributed by atoms with van der Waals surface area (Å²) in [7, 11) is 1.52. The average molecular weight is 535 g/mol. The number of carbonyl (C=O) groups is 2. The number of aromatic nitrogens is 1. The van der Waals surface area contributed by atoms with Crippen molar-refractivity contribution in [2.24, 2.45) is 5.92 Å². The summed E-state index contributed by atoms with van der Waals surface area (Å²) in [6.07, 6.45) is 7.72. The minimum Gasteiger partial charge on any atom is -0.493 e. The molecule has 39 heavy (non-hydrogen) atoms. The van der Waals surface area contributed by atoms with Gasteiger partial charge in [-0.1, -0.05) is 19.9 Å². The second-order valence-electron chi connectivity index (χ2n) is 11.6. The normalized spacial score (nSPS) is 22.7. The van der Waals surface area contributed by atoms with Gasteiger partial charge in [0, 0.05) is 42.2 Å². The van der Waals surface area contributed by atoms with Crippen LogP contribution in [0.3, 0.4) is 0 Å². The van der Waals surface area contributed by atoms with E-state index in [0.717, 1.165) is 60.6 Å². The van der Waals surface area contributed by atoms with Crippen molar-refractivity contribution in [3.05, 3.63) is 58.5 Å². The molecule has 0 bridgehead atoms. The maximum absolute atomic E-state index is 13.6. The van der Waals surface area contributed by atoms with Crippen LogP contribution in [0.4, 0.5) is 0 Å². The number of allylic oxidation sites excluding steroid dienone is 1. The summed E-state index contributed by atoms with van der Waals surface area (Å²) in [4.78, 5) is 28.8. The van der Waals surface area contributed by atoms with Crippen molar-refractivity contribution < 1.29 is 19.1 Å². The van der Waals surface area contributed by atoms with E-state index in [0.29, 0.717) is 17.4 Å². The predicted molar refractivity (Wildman–Crippen MR) is 151 cm³/mol. The van der Waals surface area contributed by atoms with Crippen LogP contribution in [0.25, 0.3) is 5.57 Å². The number of hydrogen-bond donors (Lipinski definition) is 4. The van der Waals surface area contributed by atoms with Crippen LogP contribution in [0.15, 0.2) is 36.2 Å². The largest absolute Gasteiger partial charge is 0.493 e. The van der Waals surface area contributed by atoms with Gasteiger partial charge in [0.25, 0.3) is 5.91 Å². The Kier molecular flexibility index (Phi) is 8.31. The lowest BCUT2D eigenvalue weighted by atomic mass is 9.88. The zero-order valence-corrected chi connectivity index (χ0v) is 23.6. The number of amides is 2. The summed E-state index contributed by atoms with van der Waals surface area (Å²) < 4.78 is 11.2. The molecular weight excluding hydrogens is 492 g/mol. The molecule has 0 saturated heterocycles. The summed E-state index contributed by atoms with van der Waals surface area (Å²) in [5, 5.41) is 9.93. The van der Waals surface area contributed by atoms with Gasteiger partial charge >= 0.3 is 0 Å². The molecule has 3 aliphatic rings. The molecule has 5 rings (SSSR count). The first-order chi connectivity index (χ1) is 18.8. The first-order valence-corrected chi connectivity index (χ1v) is 14.3. The van der Waals surface area contributed by atoms with Gasteiger partial charge in [-0.05, 0) is 81.0 Å². The number of nitrogens with one attached hydrogen (secondary N) is 4. The summed E-state index contributed by atoms with van der Waals surface area (Å²) in [5.74, 6) is 1.81. The molecule has 2 amide bonds. The third-order valence-corrected chi connectivity index (χ3v) is 8.19. The zero-order chi connectivity index (χ0) is 27.5. The van der Waals surface area contributed by atoms with Crippen LogP contribution in [0.1, 0.15) is 93.6 Å². The standard InChI is InChI=1S/C31H42N4O4/c1-18(2)21-7-12-26(39-16-20-5-6-20)25(15-21)29-24-13-14-32-30(24)28(19(3)33-29)31(37)35-23-10-8-22(9-11-23)34-27(36)17-38-4/h7,12-15,18,20,22-23,29,32-33H,5-6,8-11,16-17H2,1-4H3,(H,34,36)(H,35,37). The van der Waals surface area contributed by atoms with Crippen LogP contribution < -0.4 is 20.7 Å². The minimum atomic E-state index is -0.109. The van der Waals surface area contributed by atoms with Crippen molar-refractivity contribution in [1.29, 1.82) is 0 Å². The first-order valence-electron chi connectivity index (χ1n) is 14.3. The Morgan fingerprint density at radius 1 is 1.00 bits per heavy atom. The van der Waals surface area contributed by atoms with Crippen molar-refractivity contribution >= 4 is 17.4 Å². The second-order valence-corrected chi connectivity index (χ2v) is 11.6. The Bertz CT molecular complexity index is 1220. The van der Waals surface area contributed by atoms with Gasteiger partial charge in [0.15, 0.2) is 0 Å². The molecule has 1 aromatic heterocycles. The molecule has 2 aromatic rings. The molecule has 8 nitrogen and oxygen atoms in total. The summed E-state index contributed by atoms with van der Waals surface area (Å²) in [5.41, 5.74) is 5.78. The fraction of sp³-hybridized carbons (Fsp3) is 0.548. The lowest BCUT2D eigenvalue weighted by Gasteiger charge is -2.32. The average Bonchev–Trinajstić information content (AvgIpc) is 3.62. The van der Waals surface area contributed by atoms with Crippen LogP contribution in [0, 0.1) is 5.92 Å². The molecule has 0 radical (unpaired) electrons. The minimum absolute atomic E-state index is 0.0739. The SMILES string of the molecule is COCC(=O)NC1CCC(NC(=O)C2=C(C)NC(c3cc(C(C)C)ccc3OCC3CC3)c3cc[nH]c32)CC1. The summed E-state index contributed by atoms with van der Waals surface area (Å²) >= 11 is 0. The molecule has 4 N–H and O–H groups in total. The molecule has 0 spiro atoms. The van der Waals surface area contributed by atoms with E-state index in [2.05, 4.69) is 59.0 Å². The van der Waals surface area contributed by atoms with Crippen molar-refractivity contribution in [3.8, 4) is 5.75 Å². The van der Waals surface area contributed by atoms with Gasteiger partial charge < -0.3 is 30.4 Å². The number of fused-ring (bicyclic) bond motifs is 1. The van der Waals surface area contributed by atoms with Crippen LogP contribution in [0.2, 0.25) is 0 Å². The van der Waals surface area contributed by atoms with Crippen LogP contribution >= 0.6 is 0 Å². The number of carbonyl (C=O) groups excluding carboxylic acids is 2. The van der Waals surface area contributed by atoms with E-state index < -0.39 is 0 Å². The molecule has 210 valence electrons. The quantitative estimate of drug-likeness (QED) is 0.358. The van der Waals surface area contributed by atoms with Gasteiger partial charge in [-0.3, -0.25) is 9.59 Å². The van der Waals surface area contributed by atoms with E-state index in [1.54, 1.807) is 0 Å². The van der Waals surface area contributed by atoms with Gasteiger partial charge in [-0.15, -0.1) is 0 Å².